The monoisotopic (exact) mass is 772 g/mol. The van der Waals surface area contributed by atoms with Gasteiger partial charge in [-0.2, -0.15) is 0 Å². The van der Waals surface area contributed by atoms with Gasteiger partial charge >= 0.3 is 6.09 Å². The Hall–Kier alpha value is -4.09. The Morgan fingerprint density at radius 3 is 1.87 bits per heavy atom. The Labute approximate surface area is 316 Å². The minimum atomic E-state index is -2.25. The third-order valence-electron chi connectivity index (χ3n) is 9.92. The number of hydrogen-bond donors (Lipinski definition) is 2. The molecule has 0 aliphatic rings. The van der Waals surface area contributed by atoms with Gasteiger partial charge in [0.1, 0.15) is 22.8 Å². The van der Waals surface area contributed by atoms with Crippen LogP contribution in [0.5, 0.6) is 17.2 Å². The zero-order chi connectivity index (χ0) is 40.3. The molecule has 0 aliphatic carbocycles. The molecule has 0 aliphatic heterocycles. The Morgan fingerprint density at radius 2 is 1.42 bits per heavy atom. The normalized spacial score (nSPS) is 13.9. The summed E-state index contributed by atoms with van der Waals surface area (Å²) in [5, 5.41) is 26.9. The number of aliphatic hydroxyl groups excluding tert-OH is 1. The number of aliphatic hydroxyl groups is 1. The van der Waals surface area contributed by atoms with Crippen molar-refractivity contribution in [1.29, 1.82) is 0 Å². The van der Waals surface area contributed by atoms with Crippen LogP contribution >= 0.6 is 0 Å². The fourth-order valence-corrected chi connectivity index (χ4v) is 6.80. The number of carbonyl (C=O) groups is 2. The number of hydrogen-bond acceptors (Lipinski definition) is 10. The maximum atomic E-state index is 13.7. The van der Waals surface area contributed by atoms with E-state index in [0.717, 1.165) is 5.56 Å². The van der Waals surface area contributed by atoms with Crippen LogP contribution in [0.2, 0.25) is 36.3 Å². The molecule has 0 unspecified atom stereocenters. The molecular weight excluding hydrogens is 713 g/mol. The van der Waals surface area contributed by atoms with E-state index in [0.29, 0.717) is 29.2 Å². The zero-order valence-corrected chi connectivity index (χ0v) is 35.9. The van der Waals surface area contributed by atoms with E-state index in [9.17, 15) is 19.9 Å². The Bertz CT molecular complexity index is 1680. The third kappa shape index (κ3) is 11.7. The van der Waals surface area contributed by atoms with Crippen molar-refractivity contribution in [1.82, 2.24) is 10.1 Å². The molecule has 0 spiro atoms. The summed E-state index contributed by atoms with van der Waals surface area (Å²) < 4.78 is 29.4. The van der Waals surface area contributed by atoms with Gasteiger partial charge in [-0.3, -0.25) is 9.42 Å². The topological polar surface area (TPSA) is 174 Å². The van der Waals surface area contributed by atoms with Crippen molar-refractivity contribution < 1.29 is 42.6 Å². The van der Waals surface area contributed by atoms with Crippen LogP contribution in [0, 0.1) is 5.21 Å². The fraction of sp³-hybridized carbons (Fsp3) is 0.579. The summed E-state index contributed by atoms with van der Waals surface area (Å²) in [7, 11) is -4.50. The van der Waals surface area contributed by atoms with E-state index in [1.807, 2.05) is 37.3 Å². The highest BCUT2D eigenvalue weighted by molar-refractivity contribution is 6.75. The second-order valence-corrected chi connectivity index (χ2v) is 27.1. The van der Waals surface area contributed by atoms with Crippen molar-refractivity contribution in [2.75, 3.05) is 6.54 Å². The summed E-state index contributed by atoms with van der Waals surface area (Å²) in [4.78, 5) is 26.8. The van der Waals surface area contributed by atoms with E-state index in [1.165, 1.54) is 0 Å². The van der Waals surface area contributed by atoms with Crippen LogP contribution in [0.15, 0.2) is 47.1 Å². The summed E-state index contributed by atoms with van der Waals surface area (Å²) in [6.45, 7) is 28.8. The molecule has 3 N–H and O–H groups in total. The minimum Gasteiger partial charge on any atom is -0.543 e. The molecule has 15 heteroatoms. The molecular formula is C38H60N4O9Si2. The lowest BCUT2D eigenvalue weighted by molar-refractivity contribution is -0.803. The first-order valence-corrected chi connectivity index (χ1v) is 23.7. The van der Waals surface area contributed by atoms with Crippen LogP contribution in [0.1, 0.15) is 103 Å². The van der Waals surface area contributed by atoms with Crippen LogP contribution < -0.4 is 24.2 Å². The summed E-state index contributed by atoms with van der Waals surface area (Å²) in [6, 6.07) is 12.4. The molecule has 1 aromatic heterocycles. The molecule has 2 atom stereocenters. The van der Waals surface area contributed by atoms with Gasteiger partial charge in [-0.25, -0.2) is 4.79 Å². The third-order valence-corrected chi connectivity index (χ3v) is 18.6. The van der Waals surface area contributed by atoms with Gasteiger partial charge in [-0.1, -0.05) is 53.7 Å². The van der Waals surface area contributed by atoms with Crippen LogP contribution in [-0.4, -0.2) is 62.0 Å². The highest BCUT2D eigenvalue weighted by Gasteiger charge is 2.41. The largest absolute Gasteiger partial charge is 0.543 e. The van der Waals surface area contributed by atoms with Crippen molar-refractivity contribution in [2.24, 2.45) is 5.73 Å². The van der Waals surface area contributed by atoms with E-state index in [1.54, 1.807) is 37.8 Å². The molecule has 0 radical (unpaired) electrons. The average molecular weight is 773 g/mol. The van der Waals surface area contributed by atoms with Crippen LogP contribution in [0.25, 0.3) is 0 Å². The van der Waals surface area contributed by atoms with Gasteiger partial charge in [0.15, 0.2) is 6.61 Å². The number of amides is 2. The summed E-state index contributed by atoms with van der Waals surface area (Å²) in [5.74, 6) is 0.730. The van der Waals surface area contributed by atoms with E-state index >= 15 is 0 Å². The van der Waals surface area contributed by atoms with Crippen LogP contribution in [0.3, 0.4) is 0 Å². The number of benzene rings is 2. The number of aromatic nitrogens is 2. The van der Waals surface area contributed by atoms with Gasteiger partial charge in [-0.05, 0) is 111 Å². The lowest BCUT2D eigenvalue weighted by Gasteiger charge is -2.38. The number of carbonyl (C=O) groups excluding carboxylic acids is 2. The maximum absolute atomic E-state index is 13.7. The lowest BCUT2D eigenvalue weighted by atomic mass is 10.0. The Kier molecular flexibility index (Phi) is 13.2. The summed E-state index contributed by atoms with van der Waals surface area (Å²) in [5.41, 5.74) is 5.51. The highest BCUT2D eigenvalue weighted by Crippen LogP contribution is 2.41. The molecule has 0 saturated carbocycles. The van der Waals surface area contributed by atoms with Crippen molar-refractivity contribution in [3.8, 4) is 17.2 Å². The quantitative estimate of drug-likeness (QED) is 0.122. The SMILES string of the molecule is C[C@H](Cc1ccc(OCc2no[n+]([O-])c2C(N)=O)cc1)N(C[C@H](O)c1cc(O[Si](C)(C)C(C)(C)C)cc(O[Si](C)(C)C(C)(C)C)c1)C(=O)OC(C)(C)C. The number of primary amides is 1. The molecule has 0 fully saturated rings. The van der Waals surface area contributed by atoms with Crippen LogP contribution in [0.4, 0.5) is 4.79 Å². The van der Waals surface area contributed by atoms with E-state index in [-0.39, 0.29) is 39.9 Å². The standard InChI is InChI=1S/C38H60N4O9Si2/c1-25(19-26-15-17-28(18-16-26)47-24-31-33(34(39)44)42(46)51-40-31)41(35(45)48-36(2,3)4)23-32(43)27-20-29(49-52(11,12)37(5,6)7)22-30(21-27)50-53(13,14)38(8,9)10/h15-18,20-22,25,32,43H,19,23-24H2,1-14H3,(H2,39,44)/t25-,32+/m1/s1. The smallest absolute Gasteiger partial charge is 0.410 e. The molecule has 1 heterocycles. The van der Waals surface area contributed by atoms with Gasteiger partial charge in [-0.15, -0.1) is 0 Å². The second kappa shape index (κ2) is 16.1. The molecule has 3 rings (SSSR count). The Balaban J connectivity index is 1.90. The predicted molar refractivity (Wildman–Crippen MR) is 208 cm³/mol. The molecule has 294 valence electrons. The average Bonchev–Trinajstić information content (AvgIpc) is 3.37. The number of nitrogens with two attached hydrogens (primary N) is 1. The molecule has 13 nitrogen and oxygen atoms in total. The Morgan fingerprint density at radius 1 is 0.906 bits per heavy atom. The van der Waals surface area contributed by atoms with Gasteiger partial charge in [0, 0.05) is 17.3 Å². The molecule has 2 amide bonds. The minimum absolute atomic E-state index is 0.0208. The van der Waals surface area contributed by atoms with Crippen molar-refractivity contribution in [3.05, 3.63) is 70.2 Å². The van der Waals surface area contributed by atoms with Crippen molar-refractivity contribution in [3.63, 3.8) is 0 Å². The molecule has 2 aromatic carbocycles. The first-order valence-electron chi connectivity index (χ1n) is 17.9. The molecule has 0 bridgehead atoms. The fourth-order valence-electron chi connectivity index (χ4n) is 4.77. The van der Waals surface area contributed by atoms with Crippen molar-refractivity contribution >= 4 is 28.6 Å². The van der Waals surface area contributed by atoms with Gasteiger partial charge in [0.25, 0.3) is 17.3 Å². The number of ether oxygens (including phenoxy) is 2. The maximum Gasteiger partial charge on any atom is 0.410 e. The first kappa shape index (κ1) is 43.3. The molecule has 0 saturated heterocycles. The first-order chi connectivity index (χ1) is 24.1. The lowest BCUT2D eigenvalue weighted by Crippen LogP contribution is -2.45. The van der Waals surface area contributed by atoms with Gasteiger partial charge in [0.2, 0.25) is 16.6 Å². The second-order valence-electron chi connectivity index (χ2n) is 17.7. The summed E-state index contributed by atoms with van der Waals surface area (Å²) in [6.07, 6.45) is -1.20. The van der Waals surface area contributed by atoms with Crippen LogP contribution in [-0.2, 0) is 17.8 Å². The molecule has 53 heavy (non-hydrogen) atoms. The number of nitrogens with zero attached hydrogens (tertiary/aromatic N) is 3. The van der Waals surface area contributed by atoms with E-state index < -0.39 is 46.0 Å². The van der Waals surface area contributed by atoms with E-state index in [4.69, 9.17) is 24.1 Å². The van der Waals surface area contributed by atoms with Gasteiger partial charge < -0.3 is 39.3 Å². The molecule has 3 aromatic rings. The van der Waals surface area contributed by atoms with Crippen molar-refractivity contribution in [2.45, 2.75) is 136 Å². The zero-order valence-electron chi connectivity index (χ0n) is 33.9. The highest BCUT2D eigenvalue weighted by atomic mass is 28.4. The van der Waals surface area contributed by atoms with E-state index in [2.05, 4.69) is 77.5 Å². The van der Waals surface area contributed by atoms with Gasteiger partial charge in [0.05, 0.1) is 12.6 Å². The summed E-state index contributed by atoms with van der Waals surface area (Å²) >= 11 is 0. The number of rotatable bonds is 14. The predicted octanol–water partition coefficient (Wildman–Crippen LogP) is 7.66.